The normalized spacial score (nSPS) is 16.6. The highest BCUT2D eigenvalue weighted by atomic mass is 16.5. The summed E-state index contributed by atoms with van der Waals surface area (Å²) < 4.78 is 7.81. The van der Waals surface area contributed by atoms with Gasteiger partial charge in [0.15, 0.2) is 11.6 Å². The Bertz CT molecular complexity index is 1200. The first-order valence-corrected chi connectivity index (χ1v) is 12.1. The summed E-state index contributed by atoms with van der Waals surface area (Å²) >= 11 is 0. The molecule has 3 aromatic rings. The van der Waals surface area contributed by atoms with Gasteiger partial charge in [0, 0.05) is 25.1 Å². The van der Waals surface area contributed by atoms with E-state index in [1.165, 1.54) is 32.1 Å². The van der Waals surface area contributed by atoms with Crippen LogP contribution in [0.5, 0.6) is 5.75 Å². The number of aryl methyl sites for hydroxylation is 1. The summed E-state index contributed by atoms with van der Waals surface area (Å²) in [5.74, 6) is 2.13. The van der Waals surface area contributed by atoms with E-state index in [2.05, 4.69) is 10.3 Å². The maximum absolute atomic E-state index is 13.0. The number of nitrogens with one attached hydrogen (secondary N) is 1. The summed E-state index contributed by atoms with van der Waals surface area (Å²) in [5, 5.41) is 3.52. The van der Waals surface area contributed by atoms with E-state index in [9.17, 15) is 9.59 Å². The van der Waals surface area contributed by atoms with E-state index in [1.807, 2.05) is 36.4 Å². The lowest BCUT2D eigenvalue weighted by molar-refractivity contribution is -0.116. The van der Waals surface area contributed by atoms with Crippen LogP contribution in [-0.2, 0) is 11.2 Å². The van der Waals surface area contributed by atoms with Gasteiger partial charge in [0.05, 0.1) is 17.5 Å². The summed E-state index contributed by atoms with van der Waals surface area (Å²) in [7, 11) is 0. The van der Waals surface area contributed by atoms with Crippen molar-refractivity contribution in [3.8, 4) is 5.75 Å². The Labute approximate surface area is 193 Å². The highest BCUT2D eigenvalue weighted by molar-refractivity contribution is 5.91. The third-order valence-electron chi connectivity index (χ3n) is 6.60. The average Bonchev–Trinajstić information content (AvgIpc) is 3.68. The minimum Gasteiger partial charge on any atom is -0.489 e. The van der Waals surface area contributed by atoms with Crippen molar-refractivity contribution in [2.45, 2.75) is 63.8 Å². The van der Waals surface area contributed by atoms with Crippen molar-refractivity contribution < 1.29 is 9.53 Å². The standard InChI is InChI=1S/C26H30N4O3/c31-24(29-25-22(11-6-16-27-25)33-17-18-7-2-1-3-8-18)15-14-23-28-21-10-5-4-9-20(21)26(32)30(23)19-12-13-19/h4-6,9-11,16,18-19H,1-3,7-8,12-15,17H2,(H,27,29,31). The van der Waals surface area contributed by atoms with Crippen LogP contribution in [0.2, 0.25) is 0 Å². The van der Waals surface area contributed by atoms with Crippen LogP contribution in [0.15, 0.2) is 47.4 Å². The van der Waals surface area contributed by atoms with Crippen molar-refractivity contribution in [3.05, 3.63) is 58.8 Å². The van der Waals surface area contributed by atoms with Crippen LogP contribution >= 0.6 is 0 Å². The second kappa shape index (κ2) is 9.73. The third-order valence-corrected chi connectivity index (χ3v) is 6.60. The van der Waals surface area contributed by atoms with Gasteiger partial charge in [0.2, 0.25) is 5.91 Å². The lowest BCUT2D eigenvalue weighted by Crippen LogP contribution is -2.25. The lowest BCUT2D eigenvalue weighted by atomic mass is 9.90. The molecular weight excluding hydrogens is 416 g/mol. The summed E-state index contributed by atoms with van der Waals surface area (Å²) in [5.41, 5.74) is 0.666. The Morgan fingerprint density at radius 3 is 2.70 bits per heavy atom. The topological polar surface area (TPSA) is 86.1 Å². The number of hydrogen-bond donors (Lipinski definition) is 1. The van der Waals surface area contributed by atoms with E-state index >= 15 is 0 Å². The first-order chi connectivity index (χ1) is 16.2. The fourth-order valence-corrected chi connectivity index (χ4v) is 4.66. The van der Waals surface area contributed by atoms with Crippen molar-refractivity contribution in [2.24, 2.45) is 5.92 Å². The predicted molar refractivity (Wildman–Crippen MR) is 128 cm³/mol. The Balaban J connectivity index is 1.26. The molecule has 0 atom stereocenters. The van der Waals surface area contributed by atoms with E-state index in [1.54, 1.807) is 10.8 Å². The van der Waals surface area contributed by atoms with Gasteiger partial charge in [-0.3, -0.25) is 14.2 Å². The molecule has 2 heterocycles. The minimum atomic E-state index is -0.166. The molecule has 2 fully saturated rings. The Morgan fingerprint density at radius 1 is 1.06 bits per heavy atom. The minimum absolute atomic E-state index is 0.0124. The van der Waals surface area contributed by atoms with Crippen molar-refractivity contribution in [3.63, 3.8) is 0 Å². The highest BCUT2D eigenvalue weighted by Gasteiger charge is 2.28. The van der Waals surface area contributed by atoms with Gasteiger partial charge in [-0.15, -0.1) is 0 Å². The van der Waals surface area contributed by atoms with Crippen LogP contribution in [-0.4, -0.2) is 27.0 Å². The Morgan fingerprint density at radius 2 is 1.88 bits per heavy atom. The second-order valence-electron chi connectivity index (χ2n) is 9.16. The number of fused-ring (bicyclic) bond motifs is 1. The Hall–Kier alpha value is -3.22. The largest absolute Gasteiger partial charge is 0.489 e. The van der Waals surface area contributed by atoms with Crippen LogP contribution in [0.1, 0.15) is 63.2 Å². The molecule has 33 heavy (non-hydrogen) atoms. The zero-order valence-electron chi connectivity index (χ0n) is 18.8. The smallest absolute Gasteiger partial charge is 0.261 e. The van der Waals surface area contributed by atoms with Crippen LogP contribution < -0.4 is 15.6 Å². The monoisotopic (exact) mass is 446 g/mol. The molecule has 0 saturated heterocycles. The number of amides is 1. The van der Waals surface area contributed by atoms with Gasteiger partial charge < -0.3 is 10.1 Å². The summed E-state index contributed by atoms with van der Waals surface area (Å²) in [6.07, 6.45) is 10.5. The fourth-order valence-electron chi connectivity index (χ4n) is 4.66. The number of ether oxygens (including phenoxy) is 1. The van der Waals surface area contributed by atoms with Crippen LogP contribution in [0.25, 0.3) is 10.9 Å². The molecule has 5 rings (SSSR count). The molecule has 172 valence electrons. The number of carbonyl (C=O) groups is 1. The molecule has 0 spiro atoms. The predicted octanol–water partition coefficient (Wildman–Crippen LogP) is 4.66. The number of para-hydroxylation sites is 1. The van der Waals surface area contributed by atoms with Crippen molar-refractivity contribution in [2.75, 3.05) is 11.9 Å². The number of aromatic nitrogens is 3. The van der Waals surface area contributed by atoms with Crippen molar-refractivity contribution in [1.82, 2.24) is 14.5 Å². The van der Waals surface area contributed by atoms with Gasteiger partial charge in [-0.1, -0.05) is 31.4 Å². The third kappa shape index (κ3) is 5.07. The Kier molecular flexibility index (Phi) is 6.37. The molecule has 2 aliphatic carbocycles. The van der Waals surface area contributed by atoms with Crippen LogP contribution in [0.4, 0.5) is 5.82 Å². The number of carbonyl (C=O) groups excluding carboxylic acids is 1. The molecule has 0 bridgehead atoms. The molecule has 1 aromatic carbocycles. The fraction of sp³-hybridized carbons (Fsp3) is 0.462. The molecule has 0 radical (unpaired) electrons. The number of pyridine rings is 1. The quantitative estimate of drug-likeness (QED) is 0.544. The summed E-state index contributed by atoms with van der Waals surface area (Å²) in [6, 6.07) is 11.3. The van der Waals surface area contributed by atoms with Crippen LogP contribution in [0.3, 0.4) is 0 Å². The van der Waals surface area contributed by atoms with Gasteiger partial charge in [0.25, 0.3) is 5.56 Å². The lowest BCUT2D eigenvalue weighted by Gasteiger charge is -2.22. The molecule has 2 aliphatic rings. The second-order valence-corrected chi connectivity index (χ2v) is 9.16. The van der Waals surface area contributed by atoms with E-state index < -0.39 is 0 Å². The molecule has 1 N–H and O–H groups in total. The number of benzene rings is 1. The number of rotatable bonds is 8. The summed E-state index contributed by atoms with van der Waals surface area (Å²) in [4.78, 5) is 34.8. The maximum Gasteiger partial charge on any atom is 0.261 e. The first kappa shape index (κ1) is 21.6. The van der Waals surface area contributed by atoms with Crippen molar-refractivity contribution >= 4 is 22.6 Å². The number of anilines is 1. The van der Waals surface area contributed by atoms with Gasteiger partial charge in [0.1, 0.15) is 5.82 Å². The molecule has 7 nitrogen and oxygen atoms in total. The van der Waals surface area contributed by atoms with Crippen molar-refractivity contribution in [1.29, 1.82) is 0 Å². The molecular formula is C26H30N4O3. The number of hydrogen-bond acceptors (Lipinski definition) is 5. The summed E-state index contributed by atoms with van der Waals surface area (Å²) in [6.45, 7) is 0.656. The van der Waals surface area contributed by atoms with Gasteiger partial charge in [-0.2, -0.15) is 0 Å². The zero-order chi connectivity index (χ0) is 22.6. The molecule has 2 aromatic heterocycles. The first-order valence-electron chi connectivity index (χ1n) is 12.1. The highest BCUT2D eigenvalue weighted by Crippen LogP contribution is 2.35. The molecule has 0 unspecified atom stereocenters. The van der Waals surface area contributed by atoms with E-state index in [-0.39, 0.29) is 23.9 Å². The van der Waals surface area contributed by atoms with Gasteiger partial charge >= 0.3 is 0 Å². The number of nitrogens with zero attached hydrogens (tertiary/aromatic N) is 3. The molecule has 0 aliphatic heterocycles. The molecule has 1 amide bonds. The van der Waals surface area contributed by atoms with Crippen LogP contribution in [0, 0.1) is 5.92 Å². The van der Waals surface area contributed by atoms with E-state index in [0.717, 1.165) is 12.8 Å². The van der Waals surface area contributed by atoms with E-state index in [4.69, 9.17) is 9.72 Å². The molecule has 7 heteroatoms. The van der Waals surface area contributed by atoms with E-state index in [0.29, 0.717) is 47.2 Å². The van der Waals surface area contributed by atoms with Gasteiger partial charge in [-0.05, 0) is 55.9 Å². The zero-order valence-corrected chi connectivity index (χ0v) is 18.8. The average molecular weight is 447 g/mol. The molecule has 2 saturated carbocycles. The van der Waals surface area contributed by atoms with Gasteiger partial charge in [-0.25, -0.2) is 9.97 Å². The SMILES string of the molecule is O=C(CCc1nc2ccccc2c(=O)n1C1CC1)Nc1ncccc1OCC1CCCCC1. The maximum atomic E-state index is 13.0.